The highest BCUT2D eigenvalue weighted by atomic mass is 16.1. The molecule has 1 aliphatic carbocycles. The van der Waals surface area contributed by atoms with Crippen LogP contribution in [0.1, 0.15) is 24.2 Å². The number of hydrogen-bond acceptors (Lipinski definition) is 3. The summed E-state index contributed by atoms with van der Waals surface area (Å²) in [6.45, 7) is 2.44. The Kier molecular flexibility index (Phi) is 3.24. The average molecular weight is 222 g/mol. The molecule has 1 fully saturated rings. The van der Waals surface area contributed by atoms with Gasteiger partial charge in [0, 0.05) is 18.3 Å². The Hall–Kier alpha value is -1.36. The molecule has 1 unspecified atom stereocenters. The molecule has 0 bridgehead atoms. The number of hydrogen-bond donors (Lipinski definition) is 3. The Labute approximate surface area is 94.8 Å². The van der Waals surface area contributed by atoms with Gasteiger partial charge >= 0.3 is 0 Å². The second kappa shape index (κ2) is 4.65. The molecule has 0 spiro atoms. The van der Waals surface area contributed by atoms with Crippen molar-refractivity contribution < 1.29 is 4.79 Å². The van der Waals surface area contributed by atoms with Crippen LogP contribution in [-0.4, -0.2) is 28.7 Å². The molecule has 5 nitrogen and oxygen atoms in total. The van der Waals surface area contributed by atoms with Crippen LogP contribution in [0.15, 0.2) is 6.07 Å². The molecule has 0 aromatic carbocycles. The van der Waals surface area contributed by atoms with Gasteiger partial charge in [0.1, 0.15) is 0 Å². The number of amides is 1. The first-order valence-corrected chi connectivity index (χ1v) is 5.69. The molecule has 0 saturated heterocycles. The van der Waals surface area contributed by atoms with Crippen molar-refractivity contribution in [2.75, 3.05) is 6.54 Å². The molecule has 1 saturated carbocycles. The van der Waals surface area contributed by atoms with Crippen LogP contribution in [0.4, 0.5) is 0 Å². The molecule has 1 aromatic rings. The molecule has 1 heterocycles. The molecule has 1 atom stereocenters. The van der Waals surface area contributed by atoms with E-state index in [1.807, 2.05) is 13.0 Å². The second-order valence-electron chi connectivity index (χ2n) is 4.47. The van der Waals surface area contributed by atoms with E-state index in [0.29, 0.717) is 18.9 Å². The van der Waals surface area contributed by atoms with Crippen LogP contribution in [0, 0.1) is 12.8 Å². The fraction of sp³-hybridized carbons (Fsp3) is 0.636. The fourth-order valence-electron chi connectivity index (χ4n) is 1.86. The Morgan fingerprint density at radius 2 is 2.50 bits per heavy atom. The van der Waals surface area contributed by atoms with E-state index in [4.69, 9.17) is 5.73 Å². The van der Waals surface area contributed by atoms with Crippen molar-refractivity contribution in [3.63, 3.8) is 0 Å². The quantitative estimate of drug-likeness (QED) is 0.661. The number of nitrogens with two attached hydrogens (primary N) is 1. The lowest BCUT2D eigenvalue weighted by molar-refractivity contribution is -0.121. The number of carbonyl (C=O) groups is 1. The maximum absolute atomic E-state index is 11.7. The Balaban J connectivity index is 1.83. The molecule has 1 aliphatic rings. The molecule has 0 aliphatic heterocycles. The van der Waals surface area contributed by atoms with Gasteiger partial charge in [-0.1, -0.05) is 0 Å². The first kappa shape index (κ1) is 11.1. The van der Waals surface area contributed by atoms with E-state index in [1.54, 1.807) is 0 Å². The van der Waals surface area contributed by atoms with Crippen molar-refractivity contribution in [3.05, 3.63) is 17.5 Å². The van der Waals surface area contributed by atoms with Gasteiger partial charge in [-0.05, 0) is 31.7 Å². The highest BCUT2D eigenvalue weighted by molar-refractivity contribution is 5.78. The highest BCUT2D eigenvalue weighted by Crippen LogP contribution is 2.32. The van der Waals surface area contributed by atoms with Gasteiger partial charge in [0.2, 0.25) is 5.91 Å². The molecular formula is C11H18N4O. The fourth-order valence-corrected chi connectivity index (χ4v) is 1.86. The number of aromatic nitrogens is 2. The van der Waals surface area contributed by atoms with Gasteiger partial charge in [-0.15, -0.1) is 0 Å². The summed E-state index contributed by atoms with van der Waals surface area (Å²) < 4.78 is 0. The van der Waals surface area contributed by atoms with Crippen LogP contribution >= 0.6 is 0 Å². The number of aromatic amines is 1. The first-order valence-electron chi connectivity index (χ1n) is 5.69. The monoisotopic (exact) mass is 222 g/mol. The van der Waals surface area contributed by atoms with Crippen LogP contribution < -0.4 is 11.1 Å². The molecule has 1 aromatic heterocycles. The topological polar surface area (TPSA) is 83.8 Å². The maximum atomic E-state index is 11.7. The lowest BCUT2D eigenvalue weighted by Gasteiger charge is -2.15. The number of rotatable bonds is 5. The molecular weight excluding hydrogens is 204 g/mol. The summed E-state index contributed by atoms with van der Waals surface area (Å²) in [6.07, 6.45) is 2.70. The number of aryl methyl sites for hydroxylation is 1. The van der Waals surface area contributed by atoms with Crippen molar-refractivity contribution in [1.29, 1.82) is 0 Å². The Bertz CT molecular complexity index is 370. The van der Waals surface area contributed by atoms with Crippen molar-refractivity contribution in [2.24, 2.45) is 11.7 Å². The normalized spacial score (nSPS) is 17.1. The zero-order chi connectivity index (χ0) is 11.5. The third kappa shape index (κ3) is 2.82. The maximum Gasteiger partial charge on any atom is 0.226 e. The smallest absolute Gasteiger partial charge is 0.226 e. The van der Waals surface area contributed by atoms with E-state index < -0.39 is 0 Å². The van der Waals surface area contributed by atoms with Gasteiger partial charge in [0.25, 0.3) is 0 Å². The predicted octanol–water partition coefficient (Wildman–Crippen LogP) is 0.114. The first-order chi connectivity index (χ1) is 7.69. The SMILES string of the molecule is Cc1cc(CC(=O)NC(CN)C2CC2)n[nH]1. The molecule has 0 radical (unpaired) electrons. The lowest BCUT2D eigenvalue weighted by Crippen LogP contribution is -2.42. The summed E-state index contributed by atoms with van der Waals surface area (Å²) in [5.74, 6) is 0.601. The van der Waals surface area contributed by atoms with E-state index >= 15 is 0 Å². The van der Waals surface area contributed by atoms with Crippen LogP contribution in [0.5, 0.6) is 0 Å². The average Bonchev–Trinajstić information content (AvgIpc) is 3.00. The van der Waals surface area contributed by atoms with Crippen LogP contribution in [0.2, 0.25) is 0 Å². The van der Waals surface area contributed by atoms with Crippen LogP contribution in [-0.2, 0) is 11.2 Å². The number of nitrogens with zero attached hydrogens (tertiary/aromatic N) is 1. The van der Waals surface area contributed by atoms with Crippen molar-refractivity contribution >= 4 is 5.91 Å². The highest BCUT2D eigenvalue weighted by Gasteiger charge is 2.31. The third-order valence-electron chi connectivity index (χ3n) is 2.89. The third-order valence-corrected chi connectivity index (χ3v) is 2.89. The summed E-state index contributed by atoms with van der Waals surface area (Å²) in [6, 6.07) is 2.03. The lowest BCUT2D eigenvalue weighted by atomic mass is 10.1. The van der Waals surface area contributed by atoms with Gasteiger partial charge in [-0.3, -0.25) is 9.89 Å². The minimum Gasteiger partial charge on any atom is -0.351 e. The zero-order valence-electron chi connectivity index (χ0n) is 9.49. The standard InChI is InChI=1S/C11H18N4O/c1-7-4-9(15-14-7)5-11(16)13-10(6-12)8-2-3-8/h4,8,10H,2-3,5-6,12H2,1H3,(H,13,16)(H,14,15). The zero-order valence-corrected chi connectivity index (χ0v) is 9.49. The number of nitrogens with one attached hydrogen (secondary N) is 2. The molecule has 5 heteroatoms. The van der Waals surface area contributed by atoms with Crippen molar-refractivity contribution in [3.8, 4) is 0 Å². The Morgan fingerprint density at radius 1 is 1.75 bits per heavy atom. The summed E-state index contributed by atoms with van der Waals surface area (Å²) in [5, 5.41) is 9.82. The largest absolute Gasteiger partial charge is 0.351 e. The van der Waals surface area contributed by atoms with Gasteiger partial charge in [0.15, 0.2) is 0 Å². The van der Waals surface area contributed by atoms with Crippen molar-refractivity contribution in [2.45, 2.75) is 32.2 Å². The number of carbonyl (C=O) groups excluding carboxylic acids is 1. The van der Waals surface area contributed by atoms with Crippen molar-refractivity contribution in [1.82, 2.24) is 15.5 Å². The molecule has 4 N–H and O–H groups in total. The summed E-state index contributed by atoms with van der Waals surface area (Å²) >= 11 is 0. The van der Waals surface area contributed by atoms with E-state index in [1.165, 1.54) is 12.8 Å². The van der Waals surface area contributed by atoms with E-state index in [9.17, 15) is 4.79 Å². The summed E-state index contributed by atoms with van der Waals surface area (Å²) in [4.78, 5) is 11.7. The van der Waals surface area contributed by atoms with Gasteiger partial charge in [0.05, 0.1) is 12.1 Å². The summed E-state index contributed by atoms with van der Waals surface area (Å²) in [5.41, 5.74) is 7.37. The predicted molar refractivity (Wildman–Crippen MR) is 60.7 cm³/mol. The molecule has 88 valence electrons. The molecule has 2 rings (SSSR count). The van der Waals surface area contributed by atoms with Gasteiger partial charge in [-0.2, -0.15) is 5.10 Å². The minimum atomic E-state index is 0.00819. The van der Waals surface area contributed by atoms with Gasteiger partial charge < -0.3 is 11.1 Å². The second-order valence-corrected chi connectivity index (χ2v) is 4.47. The van der Waals surface area contributed by atoms with E-state index in [-0.39, 0.29) is 11.9 Å². The molecule has 16 heavy (non-hydrogen) atoms. The van der Waals surface area contributed by atoms with Gasteiger partial charge in [-0.25, -0.2) is 0 Å². The summed E-state index contributed by atoms with van der Waals surface area (Å²) in [7, 11) is 0. The minimum absolute atomic E-state index is 0.00819. The Morgan fingerprint density at radius 3 is 3.00 bits per heavy atom. The number of H-pyrrole nitrogens is 1. The van der Waals surface area contributed by atoms with Crippen LogP contribution in [0.25, 0.3) is 0 Å². The van der Waals surface area contributed by atoms with Crippen LogP contribution in [0.3, 0.4) is 0 Å². The molecule has 1 amide bonds. The van der Waals surface area contributed by atoms with E-state index in [2.05, 4.69) is 15.5 Å². The van der Waals surface area contributed by atoms with E-state index in [0.717, 1.165) is 11.4 Å².